The maximum absolute atomic E-state index is 13.1. The second-order valence-electron chi connectivity index (χ2n) is 6.35. The number of nitrogens with one attached hydrogen (secondary N) is 3. The van der Waals surface area contributed by atoms with Crippen molar-refractivity contribution in [2.24, 2.45) is 0 Å². The van der Waals surface area contributed by atoms with E-state index in [1.54, 1.807) is 18.3 Å². The van der Waals surface area contributed by atoms with Gasteiger partial charge in [-0.15, -0.1) is 0 Å². The Morgan fingerprint density at radius 2 is 1.66 bits per heavy atom. The first kappa shape index (κ1) is 19.1. The van der Waals surface area contributed by atoms with Crippen LogP contribution in [0.3, 0.4) is 0 Å². The molecule has 2 heterocycles. The number of hydrogen-bond acceptors (Lipinski definition) is 5. The molecule has 2 aromatic carbocycles. The number of aromatic amines is 1. The van der Waals surface area contributed by atoms with Gasteiger partial charge in [0.1, 0.15) is 11.6 Å². The lowest BCUT2D eigenvalue weighted by molar-refractivity contribution is 0.628. The molecule has 6 nitrogen and oxygen atoms in total. The van der Waals surface area contributed by atoms with Crippen LogP contribution in [0, 0.1) is 5.82 Å². The quantitative estimate of drug-likeness (QED) is 0.343. The zero-order chi connectivity index (χ0) is 20.2. The van der Waals surface area contributed by atoms with E-state index in [-0.39, 0.29) is 5.82 Å². The molecule has 2 aromatic heterocycles. The Hall–Kier alpha value is -3.26. The van der Waals surface area contributed by atoms with Crippen LogP contribution in [0.25, 0.3) is 11.3 Å². The maximum Gasteiger partial charge on any atom is 0.229 e. The van der Waals surface area contributed by atoms with Gasteiger partial charge in [-0.2, -0.15) is 10.1 Å². The van der Waals surface area contributed by atoms with E-state index in [1.165, 1.54) is 17.7 Å². The molecule has 0 saturated carbocycles. The first-order valence-electron chi connectivity index (χ1n) is 9.07. The van der Waals surface area contributed by atoms with Crippen LogP contribution in [0.4, 0.5) is 27.5 Å². The Kier molecular flexibility index (Phi) is 5.53. The molecule has 4 aromatic rings. The van der Waals surface area contributed by atoms with Gasteiger partial charge < -0.3 is 10.6 Å². The maximum atomic E-state index is 13.1. The van der Waals surface area contributed by atoms with Crippen molar-refractivity contribution in [3.63, 3.8) is 0 Å². The lowest BCUT2D eigenvalue weighted by atomic mass is 10.1. The van der Waals surface area contributed by atoms with Gasteiger partial charge in [-0.3, -0.25) is 5.10 Å². The van der Waals surface area contributed by atoms with Crippen LogP contribution in [0.2, 0.25) is 0 Å². The van der Waals surface area contributed by atoms with Gasteiger partial charge in [0.15, 0.2) is 0 Å². The van der Waals surface area contributed by atoms with Crippen molar-refractivity contribution in [1.82, 2.24) is 20.2 Å². The number of H-pyrrole nitrogens is 1. The molecule has 3 N–H and O–H groups in total. The van der Waals surface area contributed by atoms with E-state index in [4.69, 9.17) is 0 Å². The molecule has 0 atom stereocenters. The summed E-state index contributed by atoms with van der Waals surface area (Å²) in [5, 5.41) is 13.5. The smallest absolute Gasteiger partial charge is 0.229 e. The van der Waals surface area contributed by atoms with Crippen molar-refractivity contribution >= 4 is 39.1 Å². The van der Waals surface area contributed by atoms with E-state index in [9.17, 15) is 4.39 Å². The normalized spacial score (nSPS) is 10.7. The highest BCUT2D eigenvalue weighted by molar-refractivity contribution is 9.10. The largest absolute Gasteiger partial charge is 0.339 e. The number of aryl methyl sites for hydroxylation is 1. The van der Waals surface area contributed by atoms with Gasteiger partial charge in [-0.25, -0.2) is 9.37 Å². The number of aromatic nitrogens is 4. The molecular weight excluding hydrogens is 435 g/mol. The highest BCUT2D eigenvalue weighted by atomic mass is 79.9. The fourth-order valence-electron chi connectivity index (χ4n) is 2.86. The van der Waals surface area contributed by atoms with Gasteiger partial charge in [-0.05, 0) is 69.9 Å². The topological polar surface area (TPSA) is 78.5 Å². The second-order valence-corrected chi connectivity index (χ2v) is 7.20. The highest BCUT2D eigenvalue weighted by Crippen LogP contribution is 2.27. The van der Waals surface area contributed by atoms with Crippen molar-refractivity contribution in [3.8, 4) is 11.3 Å². The van der Waals surface area contributed by atoms with Crippen molar-refractivity contribution in [2.75, 3.05) is 10.6 Å². The van der Waals surface area contributed by atoms with Crippen LogP contribution >= 0.6 is 15.9 Å². The molecule has 0 aliphatic carbocycles. The van der Waals surface area contributed by atoms with Crippen LogP contribution < -0.4 is 10.6 Å². The van der Waals surface area contributed by atoms with Crippen LogP contribution in [0.1, 0.15) is 12.5 Å². The summed E-state index contributed by atoms with van der Waals surface area (Å²) >= 11 is 3.43. The van der Waals surface area contributed by atoms with Crippen molar-refractivity contribution in [1.29, 1.82) is 0 Å². The van der Waals surface area contributed by atoms with Crippen LogP contribution in [0.5, 0.6) is 0 Å². The van der Waals surface area contributed by atoms with Crippen molar-refractivity contribution in [3.05, 3.63) is 76.8 Å². The number of nitrogens with zero attached hydrogens (tertiary/aromatic N) is 3. The molecule has 0 spiro atoms. The Labute approximate surface area is 175 Å². The molecule has 146 valence electrons. The summed E-state index contributed by atoms with van der Waals surface area (Å²) in [5.74, 6) is 0.737. The average molecular weight is 453 g/mol. The van der Waals surface area contributed by atoms with E-state index in [0.717, 1.165) is 29.1 Å². The van der Waals surface area contributed by atoms with Crippen LogP contribution in [-0.4, -0.2) is 20.2 Å². The van der Waals surface area contributed by atoms with Gasteiger partial charge in [0.25, 0.3) is 0 Å². The summed E-state index contributed by atoms with van der Waals surface area (Å²) in [6, 6.07) is 14.0. The van der Waals surface area contributed by atoms with Gasteiger partial charge in [0.2, 0.25) is 5.95 Å². The summed E-state index contributed by atoms with van der Waals surface area (Å²) < 4.78 is 13.8. The zero-order valence-electron chi connectivity index (χ0n) is 15.6. The minimum atomic E-state index is -0.288. The lowest BCUT2D eigenvalue weighted by Crippen LogP contribution is -2.01. The average Bonchev–Trinajstić information content (AvgIpc) is 3.21. The van der Waals surface area contributed by atoms with Gasteiger partial charge in [-0.1, -0.05) is 19.1 Å². The summed E-state index contributed by atoms with van der Waals surface area (Å²) in [5.41, 5.74) is 4.87. The number of halogens is 2. The summed E-state index contributed by atoms with van der Waals surface area (Å²) in [4.78, 5) is 8.80. The molecule has 0 aliphatic rings. The number of hydrogen-bond donors (Lipinski definition) is 3. The van der Waals surface area contributed by atoms with Crippen LogP contribution in [0.15, 0.2) is 65.4 Å². The summed E-state index contributed by atoms with van der Waals surface area (Å²) in [6.07, 6.45) is 4.43. The monoisotopic (exact) mass is 452 g/mol. The van der Waals surface area contributed by atoms with Gasteiger partial charge in [0.05, 0.1) is 16.4 Å². The fourth-order valence-corrected chi connectivity index (χ4v) is 3.15. The van der Waals surface area contributed by atoms with E-state index >= 15 is 0 Å². The fraction of sp³-hybridized carbons (Fsp3) is 0.0952. The third kappa shape index (κ3) is 4.43. The lowest BCUT2D eigenvalue weighted by Gasteiger charge is -2.11. The molecular formula is C21H18BrFN6. The molecule has 29 heavy (non-hydrogen) atoms. The number of rotatable bonds is 6. The van der Waals surface area contributed by atoms with Gasteiger partial charge in [0, 0.05) is 17.6 Å². The number of anilines is 4. The molecule has 0 unspecified atom stereocenters. The minimum absolute atomic E-state index is 0.288. The van der Waals surface area contributed by atoms with E-state index < -0.39 is 0 Å². The zero-order valence-corrected chi connectivity index (χ0v) is 17.2. The van der Waals surface area contributed by atoms with Crippen molar-refractivity contribution in [2.45, 2.75) is 13.3 Å². The summed E-state index contributed by atoms with van der Waals surface area (Å²) in [6.45, 7) is 2.10. The Bertz CT molecular complexity index is 1110. The first-order valence-corrected chi connectivity index (χ1v) is 9.86. The third-order valence-corrected chi connectivity index (χ3v) is 4.96. The van der Waals surface area contributed by atoms with E-state index in [0.29, 0.717) is 16.2 Å². The second kappa shape index (κ2) is 8.40. The van der Waals surface area contributed by atoms with Crippen LogP contribution in [-0.2, 0) is 6.42 Å². The molecule has 0 saturated heterocycles. The summed E-state index contributed by atoms with van der Waals surface area (Å²) in [7, 11) is 0. The molecule has 0 fully saturated rings. The molecule has 0 amide bonds. The third-order valence-electron chi connectivity index (χ3n) is 4.38. The minimum Gasteiger partial charge on any atom is -0.339 e. The molecule has 8 heteroatoms. The molecule has 0 bridgehead atoms. The van der Waals surface area contributed by atoms with E-state index in [2.05, 4.69) is 53.7 Å². The van der Waals surface area contributed by atoms with Crippen molar-refractivity contribution < 1.29 is 4.39 Å². The number of benzene rings is 2. The molecule has 0 aliphatic heterocycles. The predicted molar refractivity (Wildman–Crippen MR) is 116 cm³/mol. The van der Waals surface area contributed by atoms with E-state index in [1.807, 2.05) is 30.5 Å². The van der Waals surface area contributed by atoms with Gasteiger partial charge >= 0.3 is 0 Å². The Balaban J connectivity index is 1.51. The molecule has 0 radical (unpaired) electrons. The highest BCUT2D eigenvalue weighted by Gasteiger charge is 2.08. The first-order chi connectivity index (χ1) is 14.1. The molecule has 4 rings (SSSR count). The predicted octanol–water partition coefficient (Wildman–Crippen LogP) is 5.82. The Morgan fingerprint density at radius 1 is 0.966 bits per heavy atom. The standard InChI is InChI=1S/C21H18BrFN6/c1-2-13-11-25-29-19(13)14-3-7-17(8-4-14)27-21-24-12-18(22)20(28-21)26-16-9-5-15(23)6-10-16/h3-12H,2H2,1H3,(H,25,29)(H2,24,26,27,28). The SMILES string of the molecule is CCc1cn[nH]c1-c1ccc(Nc2ncc(Br)c(Nc3ccc(F)cc3)n2)cc1. The Morgan fingerprint density at radius 3 is 2.38 bits per heavy atom.